The predicted octanol–water partition coefficient (Wildman–Crippen LogP) is 2.94. The fourth-order valence-electron chi connectivity index (χ4n) is 1.51. The van der Waals surface area contributed by atoms with Crippen molar-refractivity contribution in [1.29, 1.82) is 0 Å². The van der Waals surface area contributed by atoms with Crippen molar-refractivity contribution < 1.29 is 4.79 Å². The molecular formula is C13H12N2OS2. The number of rotatable bonds is 3. The Hall–Kier alpha value is -1.72. The van der Waals surface area contributed by atoms with Gasteiger partial charge < -0.3 is 11.1 Å². The Morgan fingerprint density at radius 2 is 1.94 bits per heavy atom. The third-order valence-corrected chi connectivity index (χ3v) is 3.75. The highest BCUT2D eigenvalue weighted by Gasteiger charge is 2.10. The standard InChI is InChI=1S/C13H12N2OS2/c1-8-6-7-18-11(8)13(16)15-10-4-2-9(3-5-10)12(14)17/h2-7H,1H3,(H2,14,17)(H,15,16). The number of anilines is 1. The average Bonchev–Trinajstić information content (AvgIpc) is 2.76. The van der Waals surface area contributed by atoms with Crippen molar-refractivity contribution in [2.75, 3.05) is 5.32 Å². The molecule has 0 atom stereocenters. The van der Waals surface area contributed by atoms with Gasteiger partial charge in [0.05, 0.1) is 4.88 Å². The minimum absolute atomic E-state index is 0.0921. The minimum atomic E-state index is -0.0921. The summed E-state index contributed by atoms with van der Waals surface area (Å²) in [6.07, 6.45) is 0. The molecule has 92 valence electrons. The van der Waals surface area contributed by atoms with Crippen molar-refractivity contribution in [2.24, 2.45) is 5.73 Å². The van der Waals surface area contributed by atoms with Gasteiger partial charge in [-0.1, -0.05) is 12.2 Å². The van der Waals surface area contributed by atoms with Gasteiger partial charge in [0.15, 0.2) is 0 Å². The zero-order valence-corrected chi connectivity index (χ0v) is 11.4. The van der Waals surface area contributed by atoms with Gasteiger partial charge in [0.25, 0.3) is 5.91 Å². The minimum Gasteiger partial charge on any atom is -0.389 e. The molecule has 0 spiro atoms. The topological polar surface area (TPSA) is 55.1 Å². The zero-order valence-electron chi connectivity index (χ0n) is 9.77. The number of hydrogen-bond acceptors (Lipinski definition) is 3. The first-order valence-electron chi connectivity index (χ1n) is 5.33. The molecule has 0 aliphatic rings. The molecular weight excluding hydrogens is 264 g/mol. The maximum Gasteiger partial charge on any atom is 0.265 e. The van der Waals surface area contributed by atoms with Gasteiger partial charge in [0.2, 0.25) is 0 Å². The highest BCUT2D eigenvalue weighted by molar-refractivity contribution is 7.80. The average molecular weight is 276 g/mol. The summed E-state index contributed by atoms with van der Waals surface area (Å²) in [4.78, 5) is 13.0. The Balaban J connectivity index is 2.13. The maximum atomic E-state index is 12.0. The van der Waals surface area contributed by atoms with Crippen LogP contribution in [0.25, 0.3) is 0 Å². The lowest BCUT2D eigenvalue weighted by atomic mass is 10.2. The molecule has 18 heavy (non-hydrogen) atoms. The molecule has 1 amide bonds. The van der Waals surface area contributed by atoms with Crippen molar-refractivity contribution >= 4 is 40.1 Å². The van der Waals surface area contributed by atoms with Crippen LogP contribution in [0.4, 0.5) is 5.69 Å². The highest BCUT2D eigenvalue weighted by atomic mass is 32.1. The Morgan fingerprint density at radius 1 is 1.28 bits per heavy atom. The fraction of sp³-hybridized carbons (Fsp3) is 0.0769. The van der Waals surface area contributed by atoms with Crippen molar-refractivity contribution in [2.45, 2.75) is 6.92 Å². The number of carbonyl (C=O) groups is 1. The molecule has 0 bridgehead atoms. The second-order valence-electron chi connectivity index (χ2n) is 3.83. The molecule has 2 rings (SSSR count). The van der Waals surface area contributed by atoms with Gasteiger partial charge >= 0.3 is 0 Å². The third kappa shape index (κ3) is 2.75. The van der Waals surface area contributed by atoms with Crippen LogP contribution in [0.1, 0.15) is 20.8 Å². The van der Waals surface area contributed by atoms with Gasteiger partial charge in [0, 0.05) is 11.3 Å². The van der Waals surface area contributed by atoms with Crippen LogP contribution >= 0.6 is 23.6 Å². The summed E-state index contributed by atoms with van der Waals surface area (Å²) in [7, 11) is 0. The number of aryl methyl sites for hydroxylation is 1. The van der Waals surface area contributed by atoms with Crippen LogP contribution < -0.4 is 11.1 Å². The normalized spacial score (nSPS) is 10.1. The van der Waals surface area contributed by atoms with E-state index in [2.05, 4.69) is 5.32 Å². The molecule has 0 radical (unpaired) electrons. The first-order chi connectivity index (χ1) is 8.58. The van der Waals surface area contributed by atoms with Crippen LogP contribution in [-0.4, -0.2) is 10.9 Å². The Morgan fingerprint density at radius 3 is 2.44 bits per heavy atom. The smallest absolute Gasteiger partial charge is 0.265 e. The molecule has 0 fully saturated rings. The van der Waals surface area contributed by atoms with E-state index in [0.29, 0.717) is 4.99 Å². The van der Waals surface area contributed by atoms with Crippen molar-refractivity contribution in [3.8, 4) is 0 Å². The lowest BCUT2D eigenvalue weighted by Gasteiger charge is -2.05. The fourth-order valence-corrected chi connectivity index (χ4v) is 2.47. The molecule has 2 aromatic rings. The van der Waals surface area contributed by atoms with E-state index in [0.717, 1.165) is 21.7 Å². The largest absolute Gasteiger partial charge is 0.389 e. The van der Waals surface area contributed by atoms with Crippen molar-refractivity contribution in [1.82, 2.24) is 0 Å². The molecule has 1 aromatic carbocycles. The molecule has 0 unspecified atom stereocenters. The Kier molecular flexibility index (Phi) is 3.74. The van der Waals surface area contributed by atoms with Gasteiger partial charge in [-0.25, -0.2) is 0 Å². The van der Waals surface area contributed by atoms with E-state index in [9.17, 15) is 4.79 Å². The molecule has 5 heteroatoms. The monoisotopic (exact) mass is 276 g/mol. The quantitative estimate of drug-likeness (QED) is 0.847. The summed E-state index contributed by atoms with van der Waals surface area (Å²) in [5.41, 5.74) is 8.01. The van der Waals surface area contributed by atoms with E-state index in [1.165, 1.54) is 11.3 Å². The Labute approximate surface area is 115 Å². The van der Waals surface area contributed by atoms with E-state index < -0.39 is 0 Å². The summed E-state index contributed by atoms with van der Waals surface area (Å²) in [6, 6.07) is 9.08. The number of benzene rings is 1. The summed E-state index contributed by atoms with van der Waals surface area (Å²) < 4.78 is 0. The van der Waals surface area contributed by atoms with Crippen molar-refractivity contribution in [3.05, 3.63) is 51.7 Å². The number of thiocarbonyl (C=S) groups is 1. The number of nitrogens with one attached hydrogen (secondary N) is 1. The number of hydrogen-bond donors (Lipinski definition) is 2. The van der Waals surface area contributed by atoms with Gasteiger partial charge in [-0.3, -0.25) is 4.79 Å². The van der Waals surface area contributed by atoms with Gasteiger partial charge in [0.1, 0.15) is 4.99 Å². The zero-order chi connectivity index (χ0) is 13.1. The Bertz CT molecular complexity index is 587. The highest BCUT2D eigenvalue weighted by Crippen LogP contribution is 2.18. The molecule has 3 nitrogen and oxygen atoms in total. The lowest BCUT2D eigenvalue weighted by Crippen LogP contribution is -2.12. The van der Waals surface area contributed by atoms with Crippen LogP contribution in [0.5, 0.6) is 0 Å². The predicted molar refractivity (Wildman–Crippen MR) is 79.3 cm³/mol. The van der Waals surface area contributed by atoms with E-state index in [1.807, 2.05) is 18.4 Å². The van der Waals surface area contributed by atoms with Crippen LogP contribution in [-0.2, 0) is 0 Å². The summed E-state index contributed by atoms with van der Waals surface area (Å²) in [5, 5.41) is 4.74. The second kappa shape index (κ2) is 5.29. The first-order valence-corrected chi connectivity index (χ1v) is 6.62. The number of thiophene rings is 1. The second-order valence-corrected chi connectivity index (χ2v) is 5.18. The van der Waals surface area contributed by atoms with E-state index in [-0.39, 0.29) is 5.91 Å². The first kappa shape index (κ1) is 12.7. The lowest BCUT2D eigenvalue weighted by molar-refractivity contribution is 0.103. The molecule has 1 aromatic heterocycles. The molecule has 0 saturated heterocycles. The van der Waals surface area contributed by atoms with E-state index in [4.69, 9.17) is 18.0 Å². The summed E-state index contributed by atoms with van der Waals surface area (Å²) in [5.74, 6) is -0.0921. The molecule has 0 aliphatic carbocycles. The van der Waals surface area contributed by atoms with Gasteiger partial charge in [-0.05, 0) is 48.2 Å². The summed E-state index contributed by atoms with van der Waals surface area (Å²) >= 11 is 6.30. The summed E-state index contributed by atoms with van der Waals surface area (Å²) in [6.45, 7) is 1.92. The van der Waals surface area contributed by atoms with Crippen molar-refractivity contribution in [3.63, 3.8) is 0 Å². The van der Waals surface area contributed by atoms with Crippen LogP contribution in [0.2, 0.25) is 0 Å². The molecule has 0 saturated carbocycles. The number of nitrogens with two attached hydrogens (primary N) is 1. The van der Waals surface area contributed by atoms with E-state index >= 15 is 0 Å². The third-order valence-electron chi connectivity index (χ3n) is 2.50. The molecule has 1 heterocycles. The van der Waals surface area contributed by atoms with Gasteiger partial charge in [-0.15, -0.1) is 11.3 Å². The van der Waals surface area contributed by atoms with Crippen LogP contribution in [0.15, 0.2) is 35.7 Å². The van der Waals surface area contributed by atoms with Gasteiger partial charge in [-0.2, -0.15) is 0 Å². The van der Waals surface area contributed by atoms with E-state index in [1.54, 1.807) is 24.3 Å². The van der Waals surface area contributed by atoms with Crippen LogP contribution in [0, 0.1) is 6.92 Å². The maximum absolute atomic E-state index is 12.0. The number of carbonyl (C=O) groups excluding carboxylic acids is 1. The number of amides is 1. The van der Waals surface area contributed by atoms with Crippen LogP contribution in [0.3, 0.4) is 0 Å². The SMILES string of the molecule is Cc1ccsc1C(=O)Nc1ccc(C(N)=S)cc1. The molecule has 3 N–H and O–H groups in total. The molecule has 0 aliphatic heterocycles.